The standard InChI is InChI=1S/C29H34N4O7/c1-4-40-28(38)33-16-14-32(15-17-33)27(37)22(10-11-25(34)35)31-26(36)24-19-20(12-13-29(2,3)39)18-23(30-24)21-8-6-5-7-9-21/h5-9,18-19,22,39H,4,10-11,14-17H2,1-3H3,(H,31,36)(H,34,35)/t22-/m0/s1. The van der Waals surface area contributed by atoms with Gasteiger partial charge in [-0.3, -0.25) is 14.4 Å². The minimum Gasteiger partial charge on any atom is -0.481 e. The second-order valence-corrected chi connectivity index (χ2v) is 9.77. The summed E-state index contributed by atoms with van der Waals surface area (Å²) in [4.78, 5) is 57.5. The number of amides is 3. The number of benzene rings is 1. The third kappa shape index (κ3) is 8.81. The Bertz CT molecular complexity index is 1290. The van der Waals surface area contributed by atoms with Crippen molar-refractivity contribution in [2.24, 2.45) is 0 Å². The lowest BCUT2D eigenvalue weighted by molar-refractivity contribution is -0.138. The molecular formula is C29H34N4O7. The van der Waals surface area contributed by atoms with Crippen molar-refractivity contribution in [1.29, 1.82) is 0 Å². The summed E-state index contributed by atoms with van der Waals surface area (Å²) >= 11 is 0. The number of carbonyl (C=O) groups is 4. The van der Waals surface area contributed by atoms with Crippen LogP contribution in [0.3, 0.4) is 0 Å². The van der Waals surface area contributed by atoms with Gasteiger partial charge in [0, 0.05) is 43.7 Å². The summed E-state index contributed by atoms with van der Waals surface area (Å²) < 4.78 is 5.01. The van der Waals surface area contributed by atoms with Gasteiger partial charge in [-0.2, -0.15) is 0 Å². The Morgan fingerprint density at radius 3 is 2.33 bits per heavy atom. The highest BCUT2D eigenvalue weighted by Crippen LogP contribution is 2.19. The van der Waals surface area contributed by atoms with E-state index in [1.807, 2.05) is 30.3 Å². The number of piperazine rings is 1. The summed E-state index contributed by atoms with van der Waals surface area (Å²) in [5.41, 5.74) is 0.370. The molecule has 0 bridgehead atoms. The molecule has 3 N–H and O–H groups in total. The summed E-state index contributed by atoms with van der Waals surface area (Å²) in [6.45, 7) is 5.98. The van der Waals surface area contributed by atoms with Crippen LogP contribution in [0.2, 0.25) is 0 Å². The maximum absolute atomic E-state index is 13.4. The molecule has 1 atom stereocenters. The third-order valence-electron chi connectivity index (χ3n) is 6.01. The lowest BCUT2D eigenvalue weighted by Gasteiger charge is -2.35. The lowest BCUT2D eigenvalue weighted by atomic mass is 10.1. The summed E-state index contributed by atoms with van der Waals surface area (Å²) in [5, 5.41) is 21.9. The van der Waals surface area contributed by atoms with Crippen molar-refractivity contribution in [3.05, 3.63) is 53.7 Å². The first kappa shape index (κ1) is 30.1. The van der Waals surface area contributed by atoms with Crippen LogP contribution >= 0.6 is 0 Å². The zero-order valence-electron chi connectivity index (χ0n) is 22.8. The smallest absolute Gasteiger partial charge is 0.409 e. The second-order valence-electron chi connectivity index (χ2n) is 9.77. The van der Waals surface area contributed by atoms with Crippen LogP contribution in [0, 0.1) is 11.8 Å². The SMILES string of the molecule is CCOC(=O)N1CCN(C(=O)[C@H](CCC(=O)O)NC(=O)c2cc(C#CC(C)(C)O)cc(-c3ccccc3)n2)CC1. The molecule has 1 aromatic heterocycles. The highest BCUT2D eigenvalue weighted by Gasteiger charge is 2.31. The van der Waals surface area contributed by atoms with Gasteiger partial charge in [0.2, 0.25) is 5.91 Å². The van der Waals surface area contributed by atoms with E-state index in [1.54, 1.807) is 13.0 Å². The van der Waals surface area contributed by atoms with Gasteiger partial charge in [0.25, 0.3) is 5.91 Å². The first-order valence-electron chi connectivity index (χ1n) is 13.0. The van der Waals surface area contributed by atoms with Gasteiger partial charge in [0.05, 0.1) is 12.3 Å². The molecular weight excluding hydrogens is 516 g/mol. The Kier molecular flexibility index (Phi) is 10.2. The van der Waals surface area contributed by atoms with Crippen LogP contribution in [-0.4, -0.2) is 93.3 Å². The van der Waals surface area contributed by atoms with E-state index in [0.717, 1.165) is 5.56 Å². The molecule has 0 saturated carbocycles. The highest BCUT2D eigenvalue weighted by molar-refractivity contribution is 5.97. The highest BCUT2D eigenvalue weighted by atomic mass is 16.6. The van der Waals surface area contributed by atoms with E-state index >= 15 is 0 Å². The molecule has 212 valence electrons. The molecule has 11 nitrogen and oxygen atoms in total. The van der Waals surface area contributed by atoms with E-state index in [9.17, 15) is 29.4 Å². The van der Waals surface area contributed by atoms with Crippen molar-refractivity contribution in [2.45, 2.75) is 45.3 Å². The lowest BCUT2D eigenvalue weighted by Crippen LogP contribution is -2.56. The quantitative estimate of drug-likeness (QED) is 0.423. The minimum absolute atomic E-state index is 0.0124. The van der Waals surface area contributed by atoms with Crippen LogP contribution in [0.4, 0.5) is 4.79 Å². The first-order valence-corrected chi connectivity index (χ1v) is 13.0. The zero-order chi connectivity index (χ0) is 29.3. The number of aliphatic hydroxyl groups is 1. The number of carboxylic acid groups (broad SMARTS) is 1. The van der Waals surface area contributed by atoms with E-state index in [4.69, 9.17) is 4.74 Å². The molecule has 1 fully saturated rings. The second kappa shape index (κ2) is 13.6. The number of hydrogen-bond acceptors (Lipinski definition) is 7. The molecule has 1 aliphatic heterocycles. The molecule has 3 rings (SSSR count). The molecule has 0 radical (unpaired) electrons. The van der Waals surface area contributed by atoms with Gasteiger partial charge in [0.15, 0.2) is 0 Å². The van der Waals surface area contributed by atoms with Gasteiger partial charge < -0.3 is 30.1 Å². The molecule has 11 heteroatoms. The molecule has 1 aromatic carbocycles. The molecule has 0 unspecified atom stereocenters. The van der Waals surface area contributed by atoms with Crippen LogP contribution < -0.4 is 5.32 Å². The van der Waals surface area contributed by atoms with Crippen LogP contribution in [0.25, 0.3) is 11.3 Å². The average molecular weight is 551 g/mol. The number of carboxylic acids is 1. The molecule has 3 amide bonds. The van der Waals surface area contributed by atoms with E-state index in [-0.39, 0.29) is 51.3 Å². The Hall–Kier alpha value is -4.43. The number of aromatic nitrogens is 1. The molecule has 1 aliphatic rings. The van der Waals surface area contributed by atoms with Crippen LogP contribution in [0.1, 0.15) is 49.7 Å². The molecule has 0 aliphatic carbocycles. The predicted octanol–water partition coefficient (Wildman–Crippen LogP) is 2.13. The predicted molar refractivity (Wildman–Crippen MR) is 146 cm³/mol. The maximum atomic E-state index is 13.4. The van der Waals surface area contributed by atoms with Gasteiger partial charge in [-0.05, 0) is 39.3 Å². The number of aliphatic carboxylic acids is 1. The van der Waals surface area contributed by atoms with Gasteiger partial charge in [-0.25, -0.2) is 9.78 Å². The fourth-order valence-electron chi connectivity index (χ4n) is 4.00. The van der Waals surface area contributed by atoms with Crippen LogP contribution in [-0.2, 0) is 14.3 Å². The number of hydrogen-bond donors (Lipinski definition) is 3. The van der Waals surface area contributed by atoms with Gasteiger partial charge >= 0.3 is 12.1 Å². The normalized spacial score (nSPS) is 14.0. The molecule has 0 spiro atoms. The Balaban J connectivity index is 1.85. The maximum Gasteiger partial charge on any atom is 0.409 e. The molecule has 2 heterocycles. The molecule has 1 saturated heterocycles. The zero-order valence-corrected chi connectivity index (χ0v) is 22.8. The van der Waals surface area contributed by atoms with Gasteiger partial charge in [0.1, 0.15) is 17.3 Å². The number of carbonyl (C=O) groups excluding carboxylic acids is 3. The van der Waals surface area contributed by atoms with Gasteiger partial charge in [-0.15, -0.1) is 0 Å². The number of nitrogens with one attached hydrogen (secondary N) is 1. The number of ether oxygens (including phenoxy) is 1. The van der Waals surface area contributed by atoms with Crippen LogP contribution in [0.5, 0.6) is 0 Å². The Morgan fingerprint density at radius 1 is 1.07 bits per heavy atom. The largest absolute Gasteiger partial charge is 0.481 e. The summed E-state index contributed by atoms with van der Waals surface area (Å²) in [7, 11) is 0. The number of nitrogens with zero attached hydrogens (tertiary/aromatic N) is 3. The third-order valence-corrected chi connectivity index (χ3v) is 6.01. The summed E-state index contributed by atoms with van der Waals surface area (Å²) in [6, 6.07) is 11.2. The minimum atomic E-state index is -1.26. The van der Waals surface area contributed by atoms with Crippen molar-refractivity contribution in [2.75, 3.05) is 32.8 Å². The number of rotatable bonds is 8. The fourth-order valence-corrected chi connectivity index (χ4v) is 4.00. The Labute approximate surface area is 233 Å². The monoisotopic (exact) mass is 550 g/mol. The van der Waals surface area contributed by atoms with Crippen molar-refractivity contribution in [3.63, 3.8) is 0 Å². The van der Waals surface area contributed by atoms with Crippen molar-refractivity contribution in [1.82, 2.24) is 20.1 Å². The number of pyridine rings is 1. The first-order chi connectivity index (χ1) is 19.0. The Morgan fingerprint density at radius 2 is 1.73 bits per heavy atom. The van der Waals surface area contributed by atoms with Crippen molar-refractivity contribution < 1.29 is 34.1 Å². The summed E-state index contributed by atoms with van der Waals surface area (Å²) in [6.07, 6.45) is -0.917. The average Bonchev–Trinajstić information content (AvgIpc) is 2.93. The molecule has 2 aromatic rings. The van der Waals surface area contributed by atoms with E-state index < -0.39 is 35.5 Å². The van der Waals surface area contributed by atoms with E-state index in [1.165, 1.54) is 29.7 Å². The van der Waals surface area contributed by atoms with Crippen molar-refractivity contribution in [3.8, 4) is 23.1 Å². The van der Waals surface area contributed by atoms with Crippen LogP contribution in [0.15, 0.2) is 42.5 Å². The van der Waals surface area contributed by atoms with E-state index in [0.29, 0.717) is 11.3 Å². The molecule has 40 heavy (non-hydrogen) atoms. The summed E-state index contributed by atoms with van der Waals surface area (Å²) in [5.74, 6) is 3.37. The van der Waals surface area contributed by atoms with E-state index in [2.05, 4.69) is 22.1 Å². The fraction of sp³-hybridized carbons (Fsp3) is 0.414. The van der Waals surface area contributed by atoms with Gasteiger partial charge in [-0.1, -0.05) is 42.2 Å². The topological polar surface area (TPSA) is 149 Å². The van der Waals surface area contributed by atoms with Crippen molar-refractivity contribution >= 4 is 23.9 Å².